The molecule has 4 rings (SSSR count). The highest BCUT2D eigenvalue weighted by molar-refractivity contribution is 7.89. The zero-order valence-corrected chi connectivity index (χ0v) is 20.1. The van der Waals surface area contributed by atoms with Crippen molar-refractivity contribution in [3.05, 3.63) is 72.3 Å². The van der Waals surface area contributed by atoms with Gasteiger partial charge in [0.2, 0.25) is 15.9 Å². The Morgan fingerprint density at radius 1 is 0.882 bits per heavy atom. The minimum absolute atomic E-state index is 0.129. The van der Waals surface area contributed by atoms with Crippen LogP contribution < -0.4 is 5.32 Å². The van der Waals surface area contributed by atoms with Crippen LogP contribution in [0.25, 0.3) is 10.8 Å². The Balaban J connectivity index is 1.40. The molecule has 0 unspecified atom stereocenters. The number of rotatable bonds is 6. The lowest BCUT2D eigenvalue weighted by atomic mass is 10.1. The van der Waals surface area contributed by atoms with Crippen molar-refractivity contribution in [3.63, 3.8) is 0 Å². The maximum absolute atomic E-state index is 12.9. The first-order chi connectivity index (χ1) is 16.4. The molecule has 1 fully saturated rings. The van der Waals surface area contributed by atoms with E-state index in [-0.39, 0.29) is 23.3 Å². The minimum atomic E-state index is -3.58. The molecule has 0 radical (unpaired) electrons. The fourth-order valence-corrected chi connectivity index (χ4v) is 5.75. The molecule has 0 spiro atoms. The second-order valence-electron chi connectivity index (χ2n) is 8.58. The molecule has 8 heteroatoms. The fourth-order valence-electron chi connectivity index (χ4n) is 4.23. The number of hydrogen-bond donors (Lipinski definition) is 1. The molecule has 1 N–H and O–H groups in total. The molecule has 7 nitrogen and oxygen atoms in total. The smallest absolute Gasteiger partial charge is 0.254 e. The third-order valence-corrected chi connectivity index (χ3v) is 8.01. The first-order valence-corrected chi connectivity index (χ1v) is 12.9. The van der Waals surface area contributed by atoms with Gasteiger partial charge in [-0.1, -0.05) is 49.2 Å². The van der Waals surface area contributed by atoms with Gasteiger partial charge in [0.25, 0.3) is 5.91 Å². The van der Waals surface area contributed by atoms with Gasteiger partial charge in [0.1, 0.15) is 0 Å². The molecule has 1 saturated heterocycles. The highest BCUT2D eigenvalue weighted by Gasteiger charge is 2.25. The van der Waals surface area contributed by atoms with E-state index < -0.39 is 10.0 Å². The molecule has 3 aromatic rings. The number of benzene rings is 3. The summed E-state index contributed by atoms with van der Waals surface area (Å²) >= 11 is 0. The van der Waals surface area contributed by atoms with Crippen molar-refractivity contribution >= 4 is 38.3 Å². The summed E-state index contributed by atoms with van der Waals surface area (Å²) < 4.78 is 27.4. The molecule has 1 heterocycles. The van der Waals surface area contributed by atoms with Crippen LogP contribution >= 0.6 is 0 Å². The molecule has 1 aliphatic heterocycles. The summed E-state index contributed by atoms with van der Waals surface area (Å²) in [5.41, 5.74) is 1.02. The third-order valence-electron chi connectivity index (χ3n) is 6.10. The topological polar surface area (TPSA) is 86.8 Å². The lowest BCUT2D eigenvalue weighted by Gasteiger charge is -2.20. The van der Waals surface area contributed by atoms with Gasteiger partial charge in [-0.2, -0.15) is 4.31 Å². The normalized spacial score (nSPS) is 15.0. The van der Waals surface area contributed by atoms with E-state index in [2.05, 4.69) is 5.32 Å². The van der Waals surface area contributed by atoms with Gasteiger partial charge in [0.05, 0.1) is 11.4 Å². The summed E-state index contributed by atoms with van der Waals surface area (Å²) in [4.78, 5) is 26.9. The molecule has 0 saturated carbocycles. The van der Waals surface area contributed by atoms with Crippen LogP contribution in [0.4, 0.5) is 5.69 Å². The molecule has 1 aliphatic rings. The quantitative estimate of drug-likeness (QED) is 0.576. The second kappa shape index (κ2) is 10.4. The molecule has 0 bridgehead atoms. The number of hydrogen-bond acceptors (Lipinski definition) is 4. The molecule has 2 amide bonds. The van der Waals surface area contributed by atoms with Gasteiger partial charge in [-0.3, -0.25) is 9.59 Å². The maximum Gasteiger partial charge on any atom is 0.254 e. The Kier molecular flexibility index (Phi) is 7.29. The molecule has 0 aliphatic carbocycles. The first kappa shape index (κ1) is 23.9. The molecular formula is C26H29N3O4S. The van der Waals surface area contributed by atoms with E-state index in [9.17, 15) is 18.0 Å². The predicted octanol–water partition coefficient (Wildman–Crippen LogP) is 4.12. The van der Waals surface area contributed by atoms with Crippen LogP contribution in [-0.2, 0) is 14.8 Å². The van der Waals surface area contributed by atoms with Crippen molar-refractivity contribution in [2.75, 3.05) is 32.0 Å². The van der Waals surface area contributed by atoms with Gasteiger partial charge < -0.3 is 10.2 Å². The van der Waals surface area contributed by atoms with Crippen LogP contribution in [-0.4, -0.2) is 56.1 Å². The first-order valence-electron chi connectivity index (χ1n) is 11.5. The molecule has 0 aromatic heterocycles. The fraction of sp³-hybridized carbons (Fsp3) is 0.308. The van der Waals surface area contributed by atoms with Crippen molar-refractivity contribution in [2.45, 2.75) is 30.6 Å². The van der Waals surface area contributed by atoms with E-state index in [1.807, 2.05) is 42.5 Å². The molecule has 178 valence electrons. The van der Waals surface area contributed by atoms with Gasteiger partial charge in [0.15, 0.2) is 0 Å². The SMILES string of the molecule is CN(CC(=O)Nc1cccc2ccccc12)C(=O)c1ccc(S(=O)(=O)N2CCCCCC2)cc1. The second-order valence-corrected chi connectivity index (χ2v) is 10.5. The highest BCUT2D eigenvalue weighted by Crippen LogP contribution is 2.23. The molecule has 34 heavy (non-hydrogen) atoms. The lowest BCUT2D eigenvalue weighted by molar-refractivity contribution is -0.116. The van der Waals surface area contributed by atoms with E-state index in [0.29, 0.717) is 24.3 Å². The monoisotopic (exact) mass is 479 g/mol. The van der Waals surface area contributed by atoms with Crippen LogP contribution in [0.3, 0.4) is 0 Å². The number of anilines is 1. The Labute approximate surface area is 200 Å². The van der Waals surface area contributed by atoms with Gasteiger partial charge >= 0.3 is 0 Å². The summed E-state index contributed by atoms with van der Waals surface area (Å²) in [6.45, 7) is 0.922. The number of carbonyl (C=O) groups excluding carboxylic acids is 2. The number of fused-ring (bicyclic) bond motifs is 1. The van der Waals surface area contributed by atoms with E-state index in [0.717, 1.165) is 36.5 Å². The van der Waals surface area contributed by atoms with Crippen LogP contribution in [0.15, 0.2) is 71.6 Å². The molecule has 0 atom stereocenters. The number of amides is 2. The Hall–Kier alpha value is -3.23. The van der Waals surface area contributed by atoms with Crippen molar-refractivity contribution < 1.29 is 18.0 Å². The summed E-state index contributed by atoms with van der Waals surface area (Å²) in [5.74, 6) is -0.667. The largest absolute Gasteiger partial charge is 0.332 e. The average molecular weight is 480 g/mol. The summed E-state index contributed by atoms with van der Waals surface area (Å²) in [5, 5.41) is 4.81. The van der Waals surface area contributed by atoms with Crippen LogP contribution in [0, 0.1) is 0 Å². The Morgan fingerprint density at radius 2 is 1.53 bits per heavy atom. The van der Waals surface area contributed by atoms with Crippen molar-refractivity contribution in [2.24, 2.45) is 0 Å². The van der Waals surface area contributed by atoms with Gasteiger partial charge in [-0.05, 0) is 48.6 Å². The molecular weight excluding hydrogens is 450 g/mol. The maximum atomic E-state index is 12.9. The van der Waals surface area contributed by atoms with Gasteiger partial charge in [-0.25, -0.2) is 8.42 Å². The van der Waals surface area contributed by atoms with E-state index in [1.54, 1.807) is 7.05 Å². The average Bonchev–Trinajstić information content (AvgIpc) is 3.14. The Morgan fingerprint density at radius 3 is 2.24 bits per heavy atom. The van der Waals surface area contributed by atoms with E-state index >= 15 is 0 Å². The van der Waals surface area contributed by atoms with Crippen molar-refractivity contribution in [1.29, 1.82) is 0 Å². The Bertz CT molecular complexity index is 1280. The minimum Gasteiger partial charge on any atom is -0.332 e. The van der Waals surface area contributed by atoms with Gasteiger partial charge in [0, 0.05) is 36.8 Å². The van der Waals surface area contributed by atoms with Crippen molar-refractivity contribution in [1.82, 2.24) is 9.21 Å². The number of carbonyl (C=O) groups is 2. The van der Waals surface area contributed by atoms with E-state index in [4.69, 9.17) is 0 Å². The van der Waals surface area contributed by atoms with Crippen LogP contribution in [0.5, 0.6) is 0 Å². The summed E-state index contributed by atoms with van der Waals surface area (Å²) in [7, 11) is -2.03. The predicted molar refractivity (Wildman–Crippen MR) is 133 cm³/mol. The lowest BCUT2D eigenvalue weighted by Crippen LogP contribution is -2.35. The number of likely N-dealkylation sites (N-methyl/N-ethyl adjacent to an activating group) is 1. The summed E-state index contributed by atoms with van der Waals surface area (Å²) in [6, 6.07) is 19.4. The number of sulfonamides is 1. The molecule has 3 aromatic carbocycles. The van der Waals surface area contributed by atoms with Crippen molar-refractivity contribution in [3.8, 4) is 0 Å². The van der Waals surface area contributed by atoms with Crippen LogP contribution in [0.1, 0.15) is 36.0 Å². The number of nitrogens with zero attached hydrogens (tertiary/aromatic N) is 2. The zero-order chi connectivity index (χ0) is 24.1. The number of nitrogens with one attached hydrogen (secondary N) is 1. The third kappa shape index (κ3) is 5.29. The van der Waals surface area contributed by atoms with E-state index in [1.165, 1.54) is 33.5 Å². The van der Waals surface area contributed by atoms with Crippen LogP contribution in [0.2, 0.25) is 0 Å². The zero-order valence-electron chi connectivity index (χ0n) is 19.2. The van der Waals surface area contributed by atoms with Gasteiger partial charge in [-0.15, -0.1) is 0 Å². The highest BCUT2D eigenvalue weighted by atomic mass is 32.2. The summed E-state index contributed by atoms with van der Waals surface area (Å²) in [6.07, 6.45) is 3.81. The standard InChI is InChI=1S/C26H29N3O4S/c1-28(19-25(30)27-24-12-8-10-20-9-4-5-11-23(20)24)26(31)21-13-15-22(16-14-21)34(32,33)29-17-6-2-3-7-18-29/h4-5,8-16H,2-3,6-7,17-19H2,1H3,(H,27,30).